The predicted octanol–water partition coefficient (Wildman–Crippen LogP) is 2.33. The van der Waals surface area contributed by atoms with Crippen LogP contribution in [-0.4, -0.2) is 23.3 Å². The zero-order valence-electron chi connectivity index (χ0n) is 9.84. The number of anilines is 2. The minimum atomic E-state index is 0.682. The molecular formula is C12H16N4S. The number of nitrogens with zero attached hydrogens (tertiary/aromatic N) is 3. The second-order valence-electron chi connectivity index (χ2n) is 3.85. The van der Waals surface area contributed by atoms with Crippen molar-refractivity contribution in [3.8, 4) is 0 Å². The first-order valence-corrected chi connectivity index (χ1v) is 6.49. The Morgan fingerprint density at radius 2 is 2.29 bits per heavy atom. The van der Waals surface area contributed by atoms with Crippen LogP contribution in [0, 0.1) is 6.92 Å². The lowest BCUT2D eigenvalue weighted by Gasteiger charge is -2.21. The van der Waals surface area contributed by atoms with Crippen molar-refractivity contribution in [1.29, 1.82) is 0 Å². The molecule has 1 heterocycles. The lowest BCUT2D eigenvalue weighted by atomic mass is 10.2. The van der Waals surface area contributed by atoms with Gasteiger partial charge in [-0.25, -0.2) is 0 Å². The van der Waals surface area contributed by atoms with Crippen molar-refractivity contribution in [2.45, 2.75) is 13.3 Å². The number of hydrogen-bond donors (Lipinski definition) is 1. The molecule has 0 saturated heterocycles. The van der Waals surface area contributed by atoms with E-state index in [0.717, 1.165) is 23.8 Å². The second-order valence-corrected chi connectivity index (χ2v) is 4.67. The number of benzene rings is 1. The van der Waals surface area contributed by atoms with Crippen LogP contribution in [0.4, 0.5) is 10.8 Å². The Morgan fingerprint density at radius 1 is 1.41 bits per heavy atom. The van der Waals surface area contributed by atoms with Crippen molar-refractivity contribution in [3.63, 3.8) is 0 Å². The summed E-state index contributed by atoms with van der Waals surface area (Å²) in [5.74, 6) is 0. The minimum absolute atomic E-state index is 0.682. The van der Waals surface area contributed by atoms with Gasteiger partial charge in [0, 0.05) is 12.2 Å². The van der Waals surface area contributed by atoms with Gasteiger partial charge in [0.1, 0.15) is 5.51 Å². The average molecular weight is 248 g/mol. The van der Waals surface area contributed by atoms with Crippen LogP contribution >= 0.6 is 11.3 Å². The highest BCUT2D eigenvalue weighted by Gasteiger charge is 2.11. The first-order chi connectivity index (χ1) is 8.31. The predicted molar refractivity (Wildman–Crippen MR) is 71.8 cm³/mol. The molecule has 0 fully saturated rings. The maximum atomic E-state index is 5.58. The van der Waals surface area contributed by atoms with E-state index in [2.05, 4.69) is 46.3 Å². The number of aromatic nitrogens is 2. The largest absolute Gasteiger partial charge is 0.330 e. The molecule has 1 aromatic heterocycles. The molecule has 0 aliphatic heterocycles. The molecule has 0 aliphatic rings. The SMILES string of the molecule is Cc1cccc(N(CCCN)c2nncs2)c1. The molecule has 90 valence electrons. The summed E-state index contributed by atoms with van der Waals surface area (Å²) in [6.07, 6.45) is 0.938. The molecule has 17 heavy (non-hydrogen) atoms. The monoisotopic (exact) mass is 248 g/mol. The van der Waals surface area contributed by atoms with Gasteiger partial charge in [-0.05, 0) is 37.6 Å². The fourth-order valence-corrected chi connectivity index (χ4v) is 2.27. The van der Waals surface area contributed by atoms with E-state index in [0.29, 0.717) is 6.54 Å². The molecule has 0 atom stereocenters. The topological polar surface area (TPSA) is 55.0 Å². The van der Waals surface area contributed by atoms with Gasteiger partial charge in [-0.1, -0.05) is 23.5 Å². The van der Waals surface area contributed by atoms with E-state index in [1.165, 1.54) is 5.56 Å². The number of nitrogens with two attached hydrogens (primary N) is 1. The van der Waals surface area contributed by atoms with Gasteiger partial charge in [-0.15, -0.1) is 10.2 Å². The highest BCUT2D eigenvalue weighted by atomic mass is 32.1. The Hall–Kier alpha value is -1.46. The Morgan fingerprint density at radius 3 is 2.94 bits per heavy atom. The third-order valence-electron chi connectivity index (χ3n) is 2.48. The van der Waals surface area contributed by atoms with Crippen LogP contribution in [0.1, 0.15) is 12.0 Å². The molecule has 1 aromatic carbocycles. The smallest absolute Gasteiger partial charge is 0.212 e. The van der Waals surface area contributed by atoms with Crippen molar-refractivity contribution in [2.75, 3.05) is 18.0 Å². The lowest BCUT2D eigenvalue weighted by Crippen LogP contribution is -2.20. The molecule has 0 saturated carbocycles. The molecule has 4 nitrogen and oxygen atoms in total. The highest BCUT2D eigenvalue weighted by Crippen LogP contribution is 2.26. The Kier molecular flexibility index (Phi) is 4.06. The Balaban J connectivity index is 2.27. The van der Waals surface area contributed by atoms with Gasteiger partial charge in [0.05, 0.1) is 0 Å². The molecule has 0 aliphatic carbocycles. The average Bonchev–Trinajstić information content (AvgIpc) is 2.83. The summed E-state index contributed by atoms with van der Waals surface area (Å²) in [5.41, 5.74) is 9.72. The second kappa shape index (κ2) is 5.75. The molecule has 5 heteroatoms. The van der Waals surface area contributed by atoms with E-state index in [4.69, 9.17) is 5.73 Å². The van der Waals surface area contributed by atoms with Crippen LogP contribution in [0.2, 0.25) is 0 Å². The quantitative estimate of drug-likeness (QED) is 0.882. The van der Waals surface area contributed by atoms with Gasteiger partial charge < -0.3 is 10.6 Å². The van der Waals surface area contributed by atoms with E-state index in [1.54, 1.807) is 16.8 Å². The molecule has 0 radical (unpaired) electrons. The zero-order valence-corrected chi connectivity index (χ0v) is 10.7. The molecule has 0 amide bonds. The van der Waals surface area contributed by atoms with Crippen LogP contribution < -0.4 is 10.6 Å². The standard InChI is InChI=1S/C12H16N4S/c1-10-4-2-5-11(8-10)16(7-3-6-13)12-15-14-9-17-12/h2,4-5,8-9H,3,6-7,13H2,1H3. The van der Waals surface area contributed by atoms with E-state index >= 15 is 0 Å². The number of hydrogen-bond acceptors (Lipinski definition) is 5. The summed E-state index contributed by atoms with van der Waals surface area (Å²) in [6.45, 7) is 3.64. The molecule has 0 spiro atoms. The van der Waals surface area contributed by atoms with Gasteiger partial charge in [0.25, 0.3) is 0 Å². The number of aryl methyl sites for hydroxylation is 1. The van der Waals surface area contributed by atoms with E-state index in [-0.39, 0.29) is 0 Å². The summed E-state index contributed by atoms with van der Waals surface area (Å²) >= 11 is 1.55. The van der Waals surface area contributed by atoms with Gasteiger partial charge >= 0.3 is 0 Å². The van der Waals surface area contributed by atoms with Crippen LogP contribution in [0.15, 0.2) is 29.8 Å². The van der Waals surface area contributed by atoms with Crippen LogP contribution in [0.25, 0.3) is 0 Å². The van der Waals surface area contributed by atoms with Crippen molar-refractivity contribution < 1.29 is 0 Å². The summed E-state index contributed by atoms with van der Waals surface area (Å²) in [5, 5.41) is 8.94. The summed E-state index contributed by atoms with van der Waals surface area (Å²) < 4.78 is 0. The third-order valence-corrected chi connectivity index (χ3v) is 3.19. The number of rotatable bonds is 5. The lowest BCUT2D eigenvalue weighted by molar-refractivity contribution is 0.810. The van der Waals surface area contributed by atoms with Crippen LogP contribution in [-0.2, 0) is 0 Å². The molecule has 2 aromatic rings. The molecule has 2 rings (SSSR count). The molecule has 0 unspecified atom stereocenters. The van der Waals surface area contributed by atoms with Crippen molar-refractivity contribution in [3.05, 3.63) is 35.3 Å². The summed E-state index contributed by atoms with van der Waals surface area (Å²) in [4.78, 5) is 2.16. The summed E-state index contributed by atoms with van der Waals surface area (Å²) in [7, 11) is 0. The normalized spacial score (nSPS) is 10.5. The van der Waals surface area contributed by atoms with E-state index < -0.39 is 0 Å². The van der Waals surface area contributed by atoms with Gasteiger partial charge in [-0.2, -0.15) is 0 Å². The van der Waals surface area contributed by atoms with Crippen LogP contribution in [0.5, 0.6) is 0 Å². The van der Waals surface area contributed by atoms with Gasteiger partial charge in [-0.3, -0.25) is 0 Å². The fourth-order valence-electron chi connectivity index (χ4n) is 1.67. The summed E-state index contributed by atoms with van der Waals surface area (Å²) in [6, 6.07) is 8.38. The maximum absolute atomic E-state index is 5.58. The van der Waals surface area contributed by atoms with Gasteiger partial charge in [0.15, 0.2) is 0 Å². The van der Waals surface area contributed by atoms with Crippen molar-refractivity contribution in [2.24, 2.45) is 5.73 Å². The highest BCUT2D eigenvalue weighted by molar-refractivity contribution is 7.13. The van der Waals surface area contributed by atoms with E-state index in [9.17, 15) is 0 Å². The Labute approximate surface area is 105 Å². The van der Waals surface area contributed by atoms with Crippen molar-refractivity contribution in [1.82, 2.24) is 10.2 Å². The zero-order chi connectivity index (χ0) is 12.1. The minimum Gasteiger partial charge on any atom is -0.330 e. The molecule has 0 bridgehead atoms. The van der Waals surface area contributed by atoms with Gasteiger partial charge in [0.2, 0.25) is 5.13 Å². The Bertz CT molecular complexity index is 455. The maximum Gasteiger partial charge on any atom is 0.212 e. The fraction of sp³-hybridized carbons (Fsp3) is 0.333. The van der Waals surface area contributed by atoms with Crippen LogP contribution in [0.3, 0.4) is 0 Å². The van der Waals surface area contributed by atoms with E-state index in [1.807, 2.05) is 0 Å². The third kappa shape index (κ3) is 3.01. The molecular weight excluding hydrogens is 232 g/mol. The first kappa shape index (κ1) is 12.0. The van der Waals surface area contributed by atoms with Crippen molar-refractivity contribution >= 4 is 22.2 Å². The first-order valence-electron chi connectivity index (χ1n) is 5.61. The molecule has 2 N–H and O–H groups in total.